The minimum Gasteiger partial charge on any atom is -0.508 e. The van der Waals surface area contributed by atoms with Crippen molar-refractivity contribution in [1.82, 2.24) is 0 Å². The van der Waals surface area contributed by atoms with Crippen LogP contribution >= 0.6 is 0 Å². The molecule has 0 heterocycles. The number of phenolic OH excluding ortho intramolecular Hbond substituents is 1. The second-order valence-electron chi connectivity index (χ2n) is 9.97. The van der Waals surface area contributed by atoms with Gasteiger partial charge in [-0.3, -0.25) is 19.2 Å². The molecule has 9 heteroatoms. The number of primary amides is 1. The molecule has 0 aliphatic heterocycles. The first-order chi connectivity index (χ1) is 17.9. The number of hydrogen-bond acceptors (Lipinski definition) is 8. The van der Waals surface area contributed by atoms with Gasteiger partial charge in [-0.25, -0.2) is 0 Å². The maximum atomic E-state index is 13.7. The van der Waals surface area contributed by atoms with Crippen LogP contribution in [0.1, 0.15) is 52.1 Å². The third kappa shape index (κ3) is 3.39. The predicted molar refractivity (Wildman–Crippen MR) is 136 cm³/mol. The van der Waals surface area contributed by atoms with Gasteiger partial charge in [-0.1, -0.05) is 42.0 Å². The first-order valence-corrected chi connectivity index (χ1v) is 12.0. The quantitative estimate of drug-likeness (QED) is 0.305. The number of carbonyl (C=O) groups excluding carboxylic acids is 4. The Morgan fingerprint density at radius 3 is 2.45 bits per heavy atom. The van der Waals surface area contributed by atoms with Crippen molar-refractivity contribution in [2.75, 3.05) is 0 Å². The van der Waals surface area contributed by atoms with Gasteiger partial charge in [0.2, 0.25) is 5.78 Å². The van der Waals surface area contributed by atoms with Gasteiger partial charge in [0.05, 0.1) is 22.8 Å². The van der Waals surface area contributed by atoms with Crippen LogP contribution < -0.4 is 5.73 Å². The van der Waals surface area contributed by atoms with E-state index in [-0.39, 0.29) is 23.3 Å². The molecule has 9 nitrogen and oxygen atoms in total. The van der Waals surface area contributed by atoms with Crippen molar-refractivity contribution in [2.24, 2.45) is 17.6 Å². The SMILES string of the molecule is CC(=O)c1cccc(/C=C2\c3cccc(O)c3C(=O)C3=C(O)C4(O)C(=O)C(C(N)=O)=C(C)CC4C(O)C32)c1. The molecule has 0 saturated carbocycles. The molecule has 3 aliphatic rings. The molecule has 6 N–H and O–H groups in total. The number of benzene rings is 2. The maximum absolute atomic E-state index is 13.7. The van der Waals surface area contributed by atoms with E-state index in [1.54, 1.807) is 36.4 Å². The van der Waals surface area contributed by atoms with Gasteiger partial charge in [-0.05, 0) is 49.1 Å². The van der Waals surface area contributed by atoms with E-state index in [4.69, 9.17) is 5.73 Å². The Morgan fingerprint density at radius 2 is 1.79 bits per heavy atom. The Labute approximate surface area is 217 Å². The number of aliphatic hydroxyl groups excluding tert-OH is 2. The van der Waals surface area contributed by atoms with Crippen LogP contribution in [0.4, 0.5) is 0 Å². The van der Waals surface area contributed by atoms with Crippen LogP contribution in [0.25, 0.3) is 11.6 Å². The van der Waals surface area contributed by atoms with E-state index in [9.17, 15) is 39.6 Å². The molecule has 2 aromatic rings. The van der Waals surface area contributed by atoms with Gasteiger partial charge in [0.25, 0.3) is 5.91 Å². The Morgan fingerprint density at radius 1 is 1.11 bits per heavy atom. The lowest BCUT2D eigenvalue weighted by molar-refractivity contribution is -0.151. The highest BCUT2D eigenvalue weighted by Crippen LogP contribution is 2.55. The number of allylic oxidation sites excluding steroid dienone is 1. The fourth-order valence-electron chi connectivity index (χ4n) is 5.97. The molecule has 0 radical (unpaired) electrons. The lowest BCUT2D eigenvalue weighted by Gasteiger charge is -2.49. The second kappa shape index (κ2) is 8.61. The summed E-state index contributed by atoms with van der Waals surface area (Å²) in [6.45, 7) is 2.89. The molecule has 2 aromatic carbocycles. The molecule has 0 fully saturated rings. The third-order valence-electron chi connectivity index (χ3n) is 7.77. The fraction of sp³-hybridized carbons (Fsp3) is 0.241. The Bertz CT molecular complexity index is 1560. The van der Waals surface area contributed by atoms with Gasteiger partial charge in [-0.15, -0.1) is 0 Å². The molecule has 0 aromatic heterocycles. The molecule has 1 amide bonds. The van der Waals surface area contributed by atoms with Crippen molar-refractivity contribution in [3.05, 3.63) is 87.2 Å². The van der Waals surface area contributed by atoms with Crippen LogP contribution in [-0.2, 0) is 9.59 Å². The van der Waals surface area contributed by atoms with Crippen molar-refractivity contribution in [1.29, 1.82) is 0 Å². The molecular weight excluding hydrogens is 490 g/mol. The Hall–Kier alpha value is -4.34. The fourth-order valence-corrected chi connectivity index (χ4v) is 5.97. The number of fused-ring (bicyclic) bond motifs is 3. The normalized spacial score (nSPS) is 27.7. The second-order valence-corrected chi connectivity index (χ2v) is 9.97. The first kappa shape index (κ1) is 25.3. The van der Waals surface area contributed by atoms with Crippen LogP contribution in [0.5, 0.6) is 5.75 Å². The molecule has 3 aliphatic carbocycles. The first-order valence-electron chi connectivity index (χ1n) is 12.0. The molecule has 194 valence electrons. The molecule has 4 unspecified atom stereocenters. The standard InChI is InChI=1S/C29H25NO8/c1-12-9-18-24(33)22-17(11-14-5-3-6-15(10-14)13(2)31)16-7-4-8-19(32)21(16)25(34)23(22)27(36)29(18,38)26(35)20(12)28(30)37/h3-8,10-11,18,22,24,32-33,36,38H,9H2,1-2H3,(H2,30,37)/b17-11+. The Balaban J connectivity index is 1.81. The van der Waals surface area contributed by atoms with Crippen LogP contribution in [0.3, 0.4) is 0 Å². The largest absolute Gasteiger partial charge is 0.508 e. The van der Waals surface area contributed by atoms with Crippen molar-refractivity contribution in [3.63, 3.8) is 0 Å². The van der Waals surface area contributed by atoms with Gasteiger partial charge >= 0.3 is 0 Å². The van der Waals surface area contributed by atoms with Crippen molar-refractivity contribution in [3.8, 4) is 5.75 Å². The number of phenols is 1. The average Bonchev–Trinajstić information content (AvgIpc) is 2.86. The zero-order valence-electron chi connectivity index (χ0n) is 20.6. The number of carbonyl (C=O) groups is 4. The number of ketones is 3. The molecule has 5 rings (SSSR count). The summed E-state index contributed by atoms with van der Waals surface area (Å²) in [5.74, 6) is -7.23. The zero-order chi connectivity index (χ0) is 27.7. The number of nitrogens with two attached hydrogens (primary N) is 1. The summed E-state index contributed by atoms with van der Waals surface area (Å²) in [5, 5.41) is 45.2. The van der Waals surface area contributed by atoms with Crippen molar-refractivity contribution < 1.29 is 39.6 Å². The van der Waals surface area contributed by atoms with Gasteiger partial charge in [0, 0.05) is 17.4 Å². The predicted octanol–water partition coefficient (Wildman–Crippen LogP) is 2.26. The third-order valence-corrected chi connectivity index (χ3v) is 7.77. The molecule has 0 bridgehead atoms. The van der Waals surface area contributed by atoms with Crippen molar-refractivity contribution in [2.45, 2.75) is 32.0 Å². The van der Waals surface area contributed by atoms with E-state index in [1.165, 1.54) is 26.0 Å². The Kier molecular flexibility index (Phi) is 5.74. The number of rotatable bonds is 3. The summed E-state index contributed by atoms with van der Waals surface area (Å²) in [7, 11) is 0. The molecule has 4 atom stereocenters. The molecule has 38 heavy (non-hydrogen) atoms. The lowest BCUT2D eigenvalue weighted by Crippen LogP contribution is -2.61. The summed E-state index contributed by atoms with van der Waals surface area (Å²) >= 11 is 0. The van der Waals surface area contributed by atoms with E-state index in [0.717, 1.165) is 0 Å². The number of amides is 1. The highest BCUT2D eigenvalue weighted by atomic mass is 16.4. The lowest BCUT2D eigenvalue weighted by atomic mass is 9.57. The number of hydrogen-bond donors (Lipinski definition) is 5. The summed E-state index contributed by atoms with van der Waals surface area (Å²) in [6.07, 6.45) is -0.0740. The van der Waals surface area contributed by atoms with Crippen LogP contribution in [0.15, 0.2) is 64.9 Å². The monoisotopic (exact) mass is 515 g/mol. The number of aromatic hydroxyl groups is 1. The molecule has 0 saturated heterocycles. The summed E-state index contributed by atoms with van der Waals surface area (Å²) in [4.78, 5) is 51.0. The zero-order valence-corrected chi connectivity index (χ0v) is 20.6. The van der Waals surface area contributed by atoms with Gasteiger partial charge in [0.1, 0.15) is 11.5 Å². The van der Waals surface area contributed by atoms with E-state index in [2.05, 4.69) is 0 Å². The smallest absolute Gasteiger partial charge is 0.252 e. The highest BCUT2D eigenvalue weighted by Gasteiger charge is 2.63. The van der Waals surface area contributed by atoms with Gasteiger partial charge in [-0.2, -0.15) is 0 Å². The minimum absolute atomic E-state index is 0.149. The average molecular weight is 516 g/mol. The van der Waals surface area contributed by atoms with Crippen LogP contribution in [0.2, 0.25) is 0 Å². The number of Topliss-reactive ketones (excluding diaryl/α,β-unsaturated/α-hetero) is 3. The number of aliphatic hydroxyl groups is 3. The summed E-state index contributed by atoms with van der Waals surface area (Å²) in [6, 6.07) is 11.0. The maximum Gasteiger partial charge on any atom is 0.252 e. The van der Waals surface area contributed by atoms with Crippen LogP contribution in [0, 0.1) is 11.8 Å². The minimum atomic E-state index is -2.77. The van der Waals surface area contributed by atoms with E-state index >= 15 is 0 Å². The topological polar surface area (TPSA) is 175 Å². The highest BCUT2D eigenvalue weighted by molar-refractivity contribution is 6.25. The van der Waals surface area contributed by atoms with E-state index < -0.39 is 63.7 Å². The molecule has 0 spiro atoms. The van der Waals surface area contributed by atoms with E-state index in [1.807, 2.05) is 0 Å². The van der Waals surface area contributed by atoms with Gasteiger partial charge < -0.3 is 26.2 Å². The van der Waals surface area contributed by atoms with Gasteiger partial charge in [0.15, 0.2) is 17.2 Å². The molecular formula is C29H25NO8. The summed E-state index contributed by atoms with van der Waals surface area (Å²) < 4.78 is 0. The van der Waals surface area contributed by atoms with Crippen molar-refractivity contribution >= 4 is 34.9 Å². The summed E-state index contributed by atoms with van der Waals surface area (Å²) in [5.41, 5.74) is 3.31. The van der Waals surface area contributed by atoms with E-state index in [0.29, 0.717) is 22.3 Å². The van der Waals surface area contributed by atoms with Crippen LogP contribution in [-0.4, -0.2) is 55.4 Å².